The van der Waals surface area contributed by atoms with Crippen molar-refractivity contribution in [3.05, 3.63) is 51.4 Å². The Morgan fingerprint density at radius 2 is 2.16 bits per heavy atom. The fourth-order valence-electron chi connectivity index (χ4n) is 4.51. The van der Waals surface area contributed by atoms with Gasteiger partial charge in [0.05, 0.1) is 11.7 Å². The lowest BCUT2D eigenvalue weighted by Crippen LogP contribution is -2.28. The molecule has 7 nitrogen and oxygen atoms in total. The molecule has 0 bridgehead atoms. The van der Waals surface area contributed by atoms with Crippen molar-refractivity contribution in [2.75, 3.05) is 16.8 Å². The highest BCUT2D eigenvalue weighted by atomic mass is 32.1. The molecule has 1 aliphatic carbocycles. The van der Waals surface area contributed by atoms with Crippen molar-refractivity contribution in [3.8, 4) is 0 Å². The lowest BCUT2D eigenvalue weighted by Gasteiger charge is -2.17. The third kappa shape index (κ3) is 3.76. The van der Waals surface area contributed by atoms with Crippen LogP contribution in [0.4, 0.5) is 11.4 Å². The Morgan fingerprint density at radius 3 is 2.97 bits per heavy atom. The van der Waals surface area contributed by atoms with E-state index in [1.165, 1.54) is 15.8 Å². The van der Waals surface area contributed by atoms with Crippen LogP contribution in [0.15, 0.2) is 35.4 Å². The van der Waals surface area contributed by atoms with Crippen molar-refractivity contribution in [1.29, 1.82) is 0 Å². The number of benzene rings is 1. The molecule has 0 spiro atoms. The second-order valence-electron chi connectivity index (χ2n) is 8.46. The Labute approximate surface area is 183 Å². The average Bonchev–Trinajstić information content (AvgIpc) is 3.33. The number of hydrogen-bond donors (Lipinski definition) is 1. The van der Waals surface area contributed by atoms with Gasteiger partial charge in [0, 0.05) is 29.2 Å². The highest BCUT2D eigenvalue weighted by Gasteiger charge is 2.24. The molecule has 1 aromatic carbocycles. The molecule has 160 valence electrons. The third-order valence-corrected chi connectivity index (χ3v) is 7.27. The monoisotopic (exact) mass is 436 g/mol. The minimum atomic E-state index is -0.300. The predicted molar refractivity (Wildman–Crippen MR) is 122 cm³/mol. The normalized spacial score (nSPS) is 18.4. The van der Waals surface area contributed by atoms with Crippen LogP contribution in [0.2, 0.25) is 0 Å². The van der Waals surface area contributed by atoms with E-state index in [1.54, 1.807) is 28.4 Å². The van der Waals surface area contributed by atoms with Crippen LogP contribution in [-0.4, -0.2) is 27.9 Å². The summed E-state index contributed by atoms with van der Waals surface area (Å²) in [4.78, 5) is 46.0. The van der Waals surface area contributed by atoms with Gasteiger partial charge >= 0.3 is 0 Å². The minimum Gasteiger partial charge on any atom is -0.324 e. The first-order chi connectivity index (χ1) is 15.0. The SMILES string of the molecule is CC1CCc2c(sc3ncn(CC(=O)Nc4cccc(N5CCCC5=O)c4)c(=O)c23)C1. The van der Waals surface area contributed by atoms with E-state index in [4.69, 9.17) is 0 Å². The van der Waals surface area contributed by atoms with Gasteiger partial charge in [0.2, 0.25) is 11.8 Å². The summed E-state index contributed by atoms with van der Waals surface area (Å²) in [5, 5.41) is 3.52. The number of carbonyl (C=O) groups excluding carboxylic acids is 2. The average molecular weight is 437 g/mol. The first-order valence-electron chi connectivity index (χ1n) is 10.7. The van der Waals surface area contributed by atoms with Crippen LogP contribution in [-0.2, 0) is 29.0 Å². The van der Waals surface area contributed by atoms with Gasteiger partial charge in [0.25, 0.3) is 5.56 Å². The number of amides is 2. The Hall–Kier alpha value is -3.00. The second kappa shape index (κ2) is 7.92. The van der Waals surface area contributed by atoms with Crippen LogP contribution in [0, 0.1) is 5.92 Å². The molecule has 5 rings (SSSR count). The quantitative estimate of drug-likeness (QED) is 0.680. The van der Waals surface area contributed by atoms with Gasteiger partial charge in [-0.05, 0) is 55.4 Å². The first kappa shape index (κ1) is 19.9. The zero-order valence-electron chi connectivity index (χ0n) is 17.4. The van der Waals surface area contributed by atoms with Crippen molar-refractivity contribution in [2.24, 2.45) is 5.92 Å². The molecule has 1 unspecified atom stereocenters. The van der Waals surface area contributed by atoms with Crippen molar-refractivity contribution in [1.82, 2.24) is 9.55 Å². The van der Waals surface area contributed by atoms with Gasteiger partial charge in [0.1, 0.15) is 11.4 Å². The Kier molecular flexibility index (Phi) is 5.09. The number of hydrogen-bond acceptors (Lipinski definition) is 5. The van der Waals surface area contributed by atoms with Gasteiger partial charge in [-0.2, -0.15) is 0 Å². The van der Waals surface area contributed by atoms with Crippen molar-refractivity contribution >= 4 is 44.7 Å². The van der Waals surface area contributed by atoms with E-state index in [0.29, 0.717) is 30.0 Å². The van der Waals surface area contributed by atoms with Crippen LogP contribution in [0.3, 0.4) is 0 Å². The molecule has 3 heterocycles. The maximum absolute atomic E-state index is 13.1. The summed E-state index contributed by atoms with van der Waals surface area (Å²) in [5.41, 5.74) is 2.35. The van der Waals surface area contributed by atoms with Crippen LogP contribution in [0.25, 0.3) is 10.2 Å². The second-order valence-corrected chi connectivity index (χ2v) is 9.54. The summed E-state index contributed by atoms with van der Waals surface area (Å²) in [6.45, 7) is 2.83. The van der Waals surface area contributed by atoms with E-state index < -0.39 is 0 Å². The molecular weight excluding hydrogens is 412 g/mol. The van der Waals surface area contributed by atoms with E-state index in [9.17, 15) is 14.4 Å². The van der Waals surface area contributed by atoms with Gasteiger partial charge in [-0.25, -0.2) is 4.98 Å². The van der Waals surface area contributed by atoms with Crippen LogP contribution in [0.5, 0.6) is 0 Å². The smallest absolute Gasteiger partial charge is 0.262 e. The highest BCUT2D eigenvalue weighted by molar-refractivity contribution is 7.18. The molecule has 1 fully saturated rings. The Morgan fingerprint density at radius 1 is 1.29 bits per heavy atom. The first-order valence-corrected chi connectivity index (χ1v) is 11.5. The molecule has 0 saturated carbocycles. The summed E-state index contributed by atoms with van der Waals surface area (Å²) in [7, 11) is 0. The summed E-state index contributed by atoms with van der Waals surface area (Å²) in [6, 6.07) is 7.25. The summed E-state index contributed by atoms with van der Waals surface area (Å²) in [6.07, 6.45) is 5.83. The molecule has 1 saturated heterocycles. The summed E-state index contributed by atoms with van der Waals surface area (Å²) >= 11 is 1.60. The summed E-state index contributed by atoms with van der Waals surface area (Å²) < 4.78 is 1.39. The Balaban J connectivity index is 1.36. The molecule has 0 radical (unpaired) electrons. The summed E-state index contributed by atoms with van der Waals surface area (Å²) in [5.74, 6) is 0.425. The number of anilines is 2. The fourth-order valence-corrected chi connectivity index (χ4v) is 5.85. The minimum absolute atomic E-state index is 0.0999. The number of nitrogens with one attached hydrogen (secondary N) is 1. The third-order valence-electron chi connectivity index (χ3n) is 6.11. The van der Waals surface area contributed by atoms with Gasteiger partial charge in [0.15, 0.2) is 0 Å². The molecule has 1 aliphatic heterocycles. The van der Waals surface area contributed by atoms with E-state index in [2.05, 4.69) is 17.2 Å². The molecule has 3 aromatic rings. The number of fused-ring (bicyclic) bond motifs is 3. The molecule has 8 heteroatoms. The van der Waals surface area contributed by atoms with Gasteiger partial charge in [-0.15, -0.1) is 11.3 Å². The van der Waals surface area contributed by atoms with Gasteiger partial charge < -0.3 is 10.2 Å². The maximum Gasteiger partial charge on any atom is 0.262 e. The standard InChI is InChI=1S/C23H24N4O3S/c1-14-7-8-17-18(10-14)31-22-21(17)23(30)26(13-24-22)12-19(28)25-15-4-2-5-16(11-15)27-9-3-6-20(27)29/h2,4-5,11,13-14H,3,6-10,12H2,1H3,(H,25,28). The van der Waals surface area contributed by atoms with E-state index in [0.717, 1.165) is 41.8 Å². The van der Waals surface area contributed by atoms with Crippen molar-refractivity contribution in [3.63, 3.8) is 0 Å². The number of nitrogens with zero attached hydrogens (tertiary/aromatic N) is 3. The fraction of sp³-hybridized carbons (Fsp3) is 0.391. The van der Waals surface area contributed by atoms with Gasteiger partial charge in [-0.1, -0.05) is 13.0 Å². The number of aryl methyl sites for hydroxylation is 1. The molecule has 2 amide bonds. The lowest BCUT2D eigenvalue weighted by molar-refractivity contribution is -0.117. The van der Waals surface area contributed by atoms with Crippen molar-refractivity contribution < 1.29 is 9.59 Å². The molecule has 2 aliphatic rings. The molecular formula is C23H24N4O3S. The predicted octanol–water partition coefficient (Wildman–Crippen LogP) is 3.35. The van der Waals surface area contributed by atoms with Crippen LogP contribution in [0.1, 0.15) is 36.6 Å². The molecule has 1 atom stereocenters. The number of rotatable bonds is 4. The zero-order valence-corrected chi connectivity index (χ0v) is 18.2. The van der Waals surface area contributed by atoms with Crippen LogP contribution < -0.4 is 15.8 Å². The molecule has 1 N–H and O–H groups in total. The highest BCUT2D eigenvalue weighted by Crippen LogP contribution is 2.35. The lowest BCUT2D eigenvalue weighted by atomic mass is 9.89. The zero-order chi connectivity index (χ0) is 21.5. The van der Waals surface area contributed by atoms with Crippen LogP contribution >= 0.6 is 11.3 Å². The van der Waals surface area contributed by atoms with Crippen molar-refractivity contribution in [2.45, 2.75) is 45.6 Å². The maximum atomic E-state index is 13.1. The van der Waals surface area contributed by atoms with Gasteiger partial charge in [-0.3, -0.25) is 19.0 Å². The number of thiophene rings is 1. The largest absolute Gasteiger partial charge is 0.324 e. The Bertz CT molecular complexity index is 1250. The van der Waals surface area contributed by atoms with E-state index in [1.807, 2.05) is 12.1 Å². The number of aromatic nitrogens is 2. The molecule has 2 aromatic heterocycles. The molecule has 31 heavy (non-hydrogen) atoms. The number of carbonyl (C=O) groups is 2. The topological polar surface area (TPSA) is 84.3 Å². The van der Waals surface area contributed by atoms with E-state index >= 15 is 0 Å². The van der Waals surface area contributed by atoms with E-state index in [-0.39, 0.29) is 23.9 Å².